The van der Waals surface area contributed by atoms with Crippen LogP contribution in [0.4, 0.5) is 0 Å². The minimum atomic E-state index is -0.818. The maximum Gasteiger partial charge on any atom is 0.306 e. The van der Waals surface area contributed by atoms with E-state index in [9.17, 15) is 14.4 Å². The van der Waals surface area contributed by atoms with E-state index in [0.717, 1.165) is 116 Å². The molecule has 0 aliphatic rings. The Morgan fingerprint density at radius 2 is 0.603 bits per heavy atom. The van der Waals surface area contributed by atoms with Crippen LogP contribution in [0.15, 0.2) is 158 Å². The predicted molar refractivity (Wildman–Crippen MR) is 292 cm³/mol. The Morgan fingerprint density at radius 3 is 1.01 bits per heavy atom. The molecule has 0 saturated carbocycles. The van der Waals surface area contributed by atoms with Crippen LogP contribution in [0, 0.1) is 0 Å². The summed E-state index contributed by atoms with van der Waals surface area (Å²) in [5.41, 5.74) is 0. The Hall–Kier alpha value is -4.97. The molecule has 1 unspecified atom stereocenters. The smallest absolute Gasteiger partial charge is 0.306 e. The molecule has 0 spiro atoms. The number of hydrogen-bond acceptors (Lipinski definition) is 6. The second kappa shape index (κ2) is 54.6. The number of carbonyl (C=O) groups is 3. The fraction of sp³-hybridized carbons (Fsp3) is 0.532. The van der Waals surface area contributed by atoms with Gasteiger partial charge in [-0.05, 0) is 89.9 Å². The number of rotatable bonds is 45. The Bertz CT molecular complexity index is 1590. The Balaban J connectivity index is 4.57. The third-order valence-electron chi connectivity index (χ3n) is 10.5. The first kappa shape index (κ1) is 63.0. The summed E-state index contributed by atoms with van der Waals surface area (Å²) in [7, 11) is 0. The average Bonchev–Trinajstić information content (AvgIpc) is 3.34. The quantitative estimate of drug-likeness (QED) is 0.0199. The molecule has 6 nitrogen and oxygen atoms in total. The van der Waals surface area contributed by atoms with Gasteiger partial charge in [0, 0.05) is 19.3 Å². The first-order valence-electron chi connectivity index (χ1n) is 26.6. The lowest BCUT2D eigenvalue weighted by atomic mass is 10.1. The maximum atomic E-state index is 12.8. The van der Waals surface area contributed by atoms with Gasteiger partial charge in [0.05, 0.1) is 0 Å². The van der Waals surface area contributed by atoms with Gasteiger partial charge in [-0.15, -0.1) is 0 Å². The molecule has 1 atom stereocenters. The van der Waals surface area contributed by atoms with E-state index < -0.39 is 6.10 Å². The lowest BCUT2D eigenvalue weighted by molar-refractivity contribution is -0.167. The molecule has 0 aromatic heterocycles. The van der Waals surface area contributed by atoms with Gasteiger partial charge in [0.2, 0.25) is 0 Å². The van der Waals surface area contributed by atoms with Gasteiger partial charge in [0.25, 0.3) is 0 Å². The normalized spacial score (nSPS) is 13.4. The Morgan fingerprint density at radius 1 is 0.309 bits per heavy atom. The summed E-state index contributed by atoms with van der Waals surface area (Å²) in [6, 6.07) is 0. The van der Waals surface area contributed by atoms with Crippen LogP contribution in [-0.4, -0.2) is 37.2 Å². The van der Waals surface area contributed by atoms with Crippen molar-refractivity contribution in [3.05, 3.63) is 158 Å². The lowest BCUT2D eigenvalue weighted by Gasteiger charge is -2.18. The molecule has 0 aliphatic heterocycles. The van der Waals surface area contributed by atoms with Gasteiger partial charge < -0.3 is 14.2 Å². The van der Waals surface area contributed by atoms with Gasteiger partial charge in [-0.3, -0.25) is 14.4 Å². The van der Waals surface area contributed by atoms with E-state index in [2.05, 4.69) is 106 Å². The van der Waals surface area contributed by atoms with E-state index >= 15 is 0 Å². The highest BCUT2D eigenvalue weighted by molar-refractivity contribution is 5.71. The third kappa shape index (κ3) is 52.0. The van der Waals surface area contributed by atoms with E-state index in [1.807, 2.05) is 72.9 Å². The predicted octanol–water partition coefficient (Wildman–Crippen LogP) is 17.8. The van der Waals surface area contributed by atoms with Crippen LogP contribution in [0.25, 0.3) is 0 Å². The molecular weight excluding hydrogens is 841 g/mol. The minimum Gasteiger partial charge on any atom is -0.462 e. The van der Waals surface area contributed by atoms with Crippen LogP contribution in [0.1, 0.15) is 194 Å². The molecule has 0 saturated heterocycles. The van der Waals surface area contributed by atoms with Gasteiger partial charge in [-0.1, -0.05) is 243 Å². The van der Waals surface area contributed by atoms with Crippen molar-refractivity contribution in [2.45, 2.75) is 200 Å². The van der Waals surface area contributed by atoms with Crippen LogP contribution in [0.2, 0.25) is 0 Å². The third-order valence-corrected chi connectivity index (χ3v) is 10.5. The van der Waals surface area contributed by atoms with E-state index in [1.165, 1.54) is 38.5 Å². The summed E-state index contributed by atoms with van der Waals surface area (Å²) in [6.07, 6.45) is 79.3. The zero-order valence-electron chi connectivity index (χ0n) is 43.0. The number of allylic oxidation sites excluding steroid dienone is 26. The number of ether oxygens (including phenoxy) is 3. The molecule has 0 N–H and O–H groups in total. The van der Waals surface area contributed by atoms with Gasteiger partial charge in [0.15, 0.2) is 6.10 Å². The topological polar surface area (TPSA) is 78.9 Å². The van der Waals surface area contributed by atoms with Gasteiger partial charge in [0.1, 0.15) is 13.2 Å². The number of carbonyl (C=O) groups excluding carboxylic acids is 3. The Labute approximate surface area is 416 Å². The van der Waals surface area contributed by atoms with E-state index in [0.29, 0.717) is 19.3 Å². The molecule has 0 rings (SSSR count). The van der Waals surface area contributed by atoms with Crippen molar-refractivity contribution in [1.82, 2.24) is 0 Å². The molecule has 0 aromatic rings. The van der Waals surface area contributed by atoms with Gasteiger partial charge >= 0.3 is 17.9 Å². The zero-order valence-corrected chi connectivity index (χ0v) is 43.0. The summed E-state index contributed by atoms with van der Waals surface area (Å²) in [4.78, 5) is 38.1. The summed E-state index contributed by atoms with van der Waals surface area (Å²) in [5, 5.41) is 0. The second-order valence-electron chi connectivity index (χ2n) is 16.9. The van der Waals surface area contributed by atoms with E-state index in [-0.39, 0.29) is 31.1 Å². The van der Waals surface area contributed by atoms with Crippen LogP contribution >= 0.6 is 0 Å². The SMILES string of the molecule is CC\C=C/C=C\C=C/C=C\C=C\C=C/C=C\CCCCCC(=O)OCC(COC(=O)CCCCCCCCC\C=C/C=C\C=C/CC)OC(=O)CCCCCCCC/C=C\C/C=C\C/C=C\CC. The molecule has 0 bridgehead atoms. The first-order chi connectivity index (χ1) is 33.5. The second-order valence-corrected chi connectivity index (χ2v) is 16.9. The van der Waals surface area contributed by atoms with E-state index in [4.69, 9.17) is 14.2 Å². The van der Waals surface area contributed by atoms with Crippen LogP contribution in [0.3, 0.4) is 0 Å². The highest BCUT2D eigenvalue weighted by Gasteiger charge is 2.19. The average molecular weight is 935 g/mol. The largest absolute Gasteiger partial charge is 0.462 e. The van der Waals surface area contributed by atoms with Crippen LogP contribution in [-0.2, 0) is 28.6 Å². The summed E-state index contributed by atoms with van der Waals surface area (Å²) >= 11 is 0. The van der Waals surface area contributed by atoms with Crippen molar-refractivity contribution < 1.29 is 28.6 Å². The fourth-order valence-corrected chi connectivity index (χ4v) is 6.61. The lowest BCUT2D eigenvalue weighted by Crippen LogP contribution is -2.30. The highest BCUT2D eigenvalue weighted by atomic mass is 16.6. The molecule has 0 heterocycles. The van der Waals surface area contributed by atoms with Crippen molar-refractivity contribution in [2.75, 3.05) is 13.2 Å². The molecule has 6 heteroatoms. The van der Waals surface area contributed by atoms with Crippen LogP contribution in [0.5, 0.6) is 0 Å². The number of hydrogen-bond donors (Lipinski definition) is 0. The van der Waals surface area contributed by atoms with Crippen LogP contribution < -0.4 is 0 Å². The van der Waals surface area contributed by atoms with E-state index in [1.54, 1.807) is 0 Å². The molecule has 0 fully saturated rings. The summed E-state index contributed by atoms with van der Waals surface area (Å²) < 4.78 is 16.8. The molecule has 68 heavy (non-hydrogen) atoms. The summed E-state index contributed by atoms with van der Waals surface area (Å²) in [5.74, 6) is -0.995. The standard InChI is InChI=1S/C62H94O6/c1-4-7-10-13-16-19-22-25-28-30-31-32-35-37-40-43-46-49-52-55-61(64)67-58-59(57-66-60(63)54-51-48-45-42-39-36-33-27-24-21-18-15-12-9-6-3)68-62(65)56-53-50-47-44-41-38-34-29-26-23-20-17-14-11-8-5-2/h7-13,15-22,24-26,28-32,35,37,40,59H,4-6,14,23,27,33-34,36,38-39,41-58H2,1-3H3/b10-7-,11-8-,12-9-,16-13-,18-15-,20-17-,22-19-,24-21-,28-25-,29-26-,31-30+,35-32-,40-37-. The first-order valence-corrected chi connectivity index (χ1v) is 26.6. The van der Waals surface area contributed by atoms with Crippen molar-refractivity contribution in [3.63, 3.8) is 0 Å². The maximum absolute atomic E-state index is 12.8. The fourth-order valence-electron chi connectivity index (χ4n) is 6.61. The minimum absolute atomic E-state index is 0.113. The molecular formula is C62H94O6. The van der Waals surface area contributed by atoms with Gasteiger partial charge in [-0.2, -0.15) is 0 Å². The molecule has 0 amide bonds. The van der Waals surface area contributed by atoms with Gasteiger partial charge in [-0.25, -0.2) is 0 Å². The molecule has 0 radical (unpaired) electrons. The number of esters is 3. The summed E-state index contributed by atoms with van der Waals surface area (Å²) in [6.45, 7) is 6.17. The van der Waals surface area contributed by atoms with Crippen molar-refractivity contribution in [3.8, 4) is 0 Å². The monoisotopic (exact) mass is 935 g/mol. The van der Waals surface area contributed by atoms with Crippen molar-refractivity contribution >= 4 is 17.9 Å². The van der Waals surface area contributed by atoms with Crippen molar-refractivity contribution in [2.24, 2.45) is 0 Å². The van der Waals surface area contributed by atoms with Crippen molar-refractivity contribution in [1.29, 1.82) is 0 Å². The highest BCUT2D eigenvalue weighted by Crippen LogP contribution is 2.13. The molecule has 0 aromatic carbocycles. The molecule has 378 valence electrons. The Kier molecular flexibility index (Phi) is 50.6. The zero-order chi connectivity index (χ0) is 49.3. The number of unbranched alkanes of at least 4 members (excludes halogenated alkanes) is 16. The molecule has 0 aliphatic carbocycles.